The summed E-state index contributed by atoms with van der Waals surface area (Å²) in [4.78, 5) is 41.4. The zero-order chi connectivity index (χ0) is 24.2. The Morgan fingerprint density at radius 3 is 2.51 bits per heavy atom. The van der Waals surface area contributed by atoms with Crippen molar-refractivity contribution in [3.8, 4) is 5.75 Å². The van der Waals surface area contributed by atoms with Crippen LogP contribution in [0.5, 0.6) is 5.75 Å². The maximum atomic E-state index is 13.1. The van der Waals surface area contributed by atoms with E-state index in [1.165, 1.54) is 0 Å². The van der Waals surface area contributed by atoms with E-state index in [9.17, 15) is 14.4 Å². The highest BCUT2D eigenvalue weighted by atomic mass is 32.2. The number of morpholine rings is 1. The molecule has 0 aliphatic carbocycles. The summed E-state index contributed by atoms with van der Waals surface area (Å²) in [5.74, 6) is -0.110. The van der Waals surface area contributed by atoms with Gasteiger partial charge in [0.05, 0.1) is 18.1 Å². The van der Waals surface area contributed by atoms with Crippen LogP contribution < -0.4 is 4.74 Å². The third-order valence-electron chi connectivity index (χ3n) is 5.97. The van der Waals surface area contributed by atoms with Crippen LogP contribution in [0.1, 0.15) is 11.1 Å². The van der Waals surface area contributed by atoms with E-state index in [0.717, 1.165) is 38.6 Å². The van der Waals surface area contributed by atoms with Gasteiger partial charge in [0.2, 0.25) is 5.91 Å². The van der Waals surface area contributed by atoms with Gasteiger partial charge in [-0.1, -0.05) is 60.7 Å². The van der Waals surface area contributed by atoms with Crippen molar-refractivity contribution >= 4 is 45.7 Å². The zero-order valence-electron chi connectivity index (χ0n) is 19.0. The third kappa shape index (κ3) is 5.08. The van der Waals surface area contributed by atoms with Crippen molar-refractivity contribution in [3.63, 3.8) is 0 Å². The van der Waals surface area contributed by atoms with Crippen LogP contribution in [-0.4, -0.2) is 59.7 Å². The molecule has 2 saturated heterocycles. The minimum atomic E-state index is -0.469. The molecule has 0 bridgehead atoms. The van der Waals surface area contributed by atoms with Crippen molar-refractivity contribution in [3.05, 3.63) is 82.8 Å². The predicted octanol–water partition coefficient (Wildman–Crippen LogP) is 4.31. The fraction of sp³-hybridized carbons (Fsp3) is 0.222. The number of nitrogens with zero attached hydrogens (tertiary/aromatic N) is 2. The number of benzene rings is 3. The molecule has 3 aromatic rings. The molecule has 0 spiro atoms. The van der Waals surface area contributed by atoms with Gasteiger partial charge in [0.1, 0.15) is 18.9 Å². The third-order valence-corrected chi connectivity index (χ3v) is 6.88. The maximum Gasteiger partial charge on any atom is 0.294 e. The second-order valence-corrected chi connectivity index (χ2v) is 9.23. The molecule has 8 heteroatoms. The number of imide groups is 1. The van der Waals surface area contributed by atoms with Crippen molar-refractivity contribution in [1.82, 2.24) is 9.80 Å². The van der Waals surface area contributed by atoms with Gasteiger partial charge in [0, 0.05) is 18.7 Å². The second kappa shape index (κ2) is 10.3. The Labute approximate surface area is 207 Å². The highest BCUT2D eigenvalue weighted by molar-refractivity contribution is 8.18. The largest absolute Gasteiger partial charge is 0.488 e. The smallest absolute Gasteiger partial charge is 0.294 e. The summed E-state index contributed by atoms with van der Waals surface area (Å²) in [6.07, 6.45) is 1.70. The van der Waals surface area contributed by atoms with Gasteiger partial charge in [-0.3, -0.25) is 19.3 Å². The van der Waals surface area contributed by atoms with Crippen molar-refractivity contribution in [2.75, 3.05) is 32.8 Å². The molecule has 5 rings (SSSR count). The molecule has 0 aromatic heterocycles. The van der Waals surface area contributed by atoms with Crippen molar-refractivity contribution in [2.24, 2.45) is 0 Å². The van der Waals surface area contributed by atoms with E-state index in [2.05, 4.69) is 0 Å². The number of rotatable bonds is 6. The van der Waals surface area contributed by atoms with Gasteiger partial charge in [-0.15, -0.1) is 0 Å². The second-order valence-electron chi connectivity index (χ2n) is 8.23. The first-order valence-electron chi connectivity index (χ1n) is 11.4. The van der Waals surface area contributed by atoms with Crippen LogP contribution in [0.4, 0.5) is 4.79 Å². The Hall–Kier alpha value is -3.62. The lowest BCUT2D eigenvalue weighted by Gasteiger charge is -2.28. The monoisotopic (exact) mass is 488 g/mol. The Balaban J connectivity index is 1.42. The fourth-order valence-corrected chi connectivity index (χ4v) is 4.92. The molecule has 0 saturated carbocycles. The van der Waals surface area contributed by atoms with Gasteiger partial charge in [0.25, 0.3) is 11.1 Å². The highest BCUT2D eigenvalue weighted by Gasteiger charge is 2.37. The molecule has 2 fully saturated rings. The lowest BCUT2D eigenvalue weighted by molar-refractivity contribution is -0.139. The highest BCUT2D eigenvalue weighted by Crippen LogP contribution is 2.37. The molecule has 2 aliphatic rings. The molecule has 0 radical (unpaired) electrons. The number of carbonyl (C=O) groups excluding carboxylic acids is 3. The summed E-state index contributed by atoms with van der Waals surface area (Å²) in [6, 6.07) is 21.5. The van der Waals surface area contributed by atoms with E-state index in [-0.39, 0.29) is 17.4 Å². The molecule has 3 amide bonds. The SMILES string of the molecule is O=C(CN1C(=O)S/C(=C\c2c(OCc3ccccc3)ccc3ccccc23)C1=O)N1CCOCC1. The van der Waals surface area contributed by atoms with Crippen LogP contribution in [0.15, 0.2) is 71.6 Å². The summed E-state index contributed by atoms with van der Waals surface area (Å²) in [6.45, 7) is 1.94. The quantitative estimate of drug-likeness (QED) is 0.481. The van der Waals surface area contributed by atoms with E-state index < -0.39 is 11.1 Å². The van der Waals surface area contributed by atoms with Crippen molar-refractivity contribution in [2.45, 2.75) is 6.61 Å². The first-order chi connectivity index (χ1) is 17.1. The van der Waals surface area contributed by atoms with E-state index >= 15 is 0 Å². The lowest BCUT2D eigenvalue weighted by Crippen LogP contribution is -2.46. The number of hydrogen-bond donors (Lipinski definition) is 0. The van der Waals surface area contributed by atoms with E-state index in [4.69, 9.17) is 9.47 Å². The van der Waals surface area contributed by atoms with E-state index in [1.807, 2.05) is 66.7 Å². The van der Waals surface area contributed by atoms with Crippen LogP contribution in [-0.2, 0) is 20.9 Å². The molecule has 0 unspecified atom stereocenters. The Kier molecular flexibility index (Phi) is 6.83. The van der Waals surface area contributed by atoms with Crippen LogP contribution >= 0.6 is 11.8 Å². The molecule has 0 atom stereocenters. The minimum Gasteiger partial charge on any atom is -0.488 e. The Morgan fingerprint density at radius 2 is 1.71 bits per heavy atom. The Morgan fingerprint density at radius 1 is 0.971 bits per heavy atom. The number of fused-ring (bicyclic) bond motifs is 1. The predicted molar refractivity (Wildman–Crippen MR) is 135 cm³/mol. The number of hydrogen-bond acceptors (Lipinski definition) is 6. The number of amides is 3. The topological polar surface area (TPSA) is 76.2 Å². The Bertz CT molecular complexity index is 1300. The van der Waals surface area contributed by atoms with Crippen molar-refractivity contribution < 1.29 is 23.9 Å². The molecular formula is C27H24N2O5S. The number of carbonyl (C=O) groups is 3. The minimum absolute atomic E-state index is 0.256. The van der Waals surface area contributed by atoms with Gasteiger partial charge in [-0.25, -0.2) is 0 Å². The summed E-state index contributed by atoms with van der Waals surface area (Å²) in [7, 11) is 0. The maximum absolute atomic E-state index is 13.1. The molecule has 2 aliphatic heterocycles. The van der Waals surface area contributed by atoms with Gasteiger partial charge in [0.15, 0.2) is 0 Å². The molecule has 7 nitrogen and oxygen atoms in total. The first-order valence-corrected chi connectivity index (χ1v) is 12.2. The first kappa shape index (κ1) is 23.1. The van der Waals surface area contributed by atoms with Gasteiger partial charge in [-0.05, 0) is 40.2 Å². The summed E-state index contributed by atoms with van der Waals surface area (Å²) >= 11 is 0.845. The lowest BCUT2D eigenvalue weighted by atomic mass is 10.0. The fourth-order valence-electron chi connectivity index (χ4n) is 4.10. The molecule has 0 N–H and O–H groups in total. The van der Waals surface area contributed by atoms with Gasteiger partial charge < -0.3 is 14.4 Å². The van der Waals surface area contributed by atoms with Gasteiger partial charge >= 0.3 is 0 Å². The van der Waals surface area contributed by atoms with Crippen LogP contribution in [0, 0.1) is 0 Å². The standard InChI is InChI=1S/C27H24N2O5S/c30-25(28-12-14-33-15-13-28)17-29-26(31)24(35-27(29)32)16-22-21-9-5-4-8-20(21)10-11-23(22)34-18-19-6-2-1-3-7-19/h1-11,16H,12-15,17-18H2/b24-16-. The normalized spacial score (nSPS) is 17.4. The molecule has 178 valence electrons. The summed E-state index contributed by atoms with van der Waals surface area (Å²) < 4.78 is 11.4. The van der Waals surface area contributed by atoms with E-state index in [1.54, 1.807) is 11.0 Å². The van der Waals surface area contributed by atoms with E-state index in [0.29, 0.717) is 38.7 Å². The average molecular weight is 489 g/mol. The average Bonchev–Trinajstić information content (AvgIpc) is 3.16. The van der Waals surface area contributed by atoms with Crippen LogP contribution in [0.25, 0.3) is 16.8 Å². The zero-order valence-corrected chi connectivity index (χ0v) is 19.8. The summed E-state index contributed by atoms with van der Waals surface area (Å²) in [5, 5.41) is 1.46. The van der Waals surface area contributed by atoms with Crippen LogP contribution in [0.2, 0.25) is 0 Å². The number of thioether (sulfide) groups is 1. The molecule has 35 heavy (non-hydrogen) atoms. The molecule has 3 aromatic carbocycles. The molecular weight excluding hydrogens is 464 g/mol. The van der Waals surface area contributed by atoms with Crippen molar-refractivity contribution in [1.29, 1.82) is 0 Å². The molecule has 2 heterocycles. The summed E-state index contributed by atoms with van der Waals surface area (Å²) in [5.41, 5.74) is 1.75. The number of ether oxygens (including phenoxy) is 2. The van der Waals surface area contributed by atoms with Crippen LogP contribution in [0.3, 0.4) is 0 Å². The van der Waals surface area contributed by atoms with Gasteiger partial charge in [-0.2, -0.15) is 0 Å².